The lowest BCUT2D eigenvalue weighted by Gasteiger charge is -2.04. The van der Waals surface area contributed by atoms with E-state index >= 15 is 0 Å². The maximum absolute atomic E-state index is 10.4. The van der Waals surface area contributed by atoms with Crippen molar-refractivity contribution >= 4 is 29.5 Å². The number of aromatic hydroxyl groups is 1. The number of carbonyl (C=O) groups excluding carboxylic acids is 1. The van der Waals surface area contributed by atoms with Crippen LogP contribution < -0.4 is 0 Å². The molecule has 1 N–H and O–H groups in total. The fourth-order valence-electron chi connectivity index (χ4n) is 1.14. The molecule has 2 rings (SSSR count). The van der Waals surface area contributed by atoms with Crippen LogP contribution in [0.4, 0.5) is 0 Å². The molecule has 0 aliphatic heterocycles. The predicted molar refractivity (Wildman–Crippen MR) is 58.4 cm³/mol. The Labute approximate surface area is 100 Å². The summed E-state index contributed by atoms with van der Waals surface area (Å²) in [5.41, 5.74) is 0.508. The molecule has 0 aliphatic carbocycles. The van der Waals surface area contributed by atoms with Crippen molar-refractivity contribution in [3.63, 3.8) is 0 Å². The third kappa shape index (κ3) is 1.87. The minimum absolute atomic E-state index is 0.0559. The highest BCUT2D eigenvalue weighted by molar-refractivity contribution is 6.37. The summed E-state index contributed by atoms with van der Waals surface area (Å²) in [5.74, 6) is -0.136. The predicted octanol–water partition coefficient (Wildman–Crippen LogP) is 2.09. The summed E-state index contributed by atoms with van der Waals surface area (Å²) >= 11 is 11.5. The Morgan fingerprint density at radius 1 is 1.31 bits per heavy atom. The largest absolute Gasteiger partial charge is 0.505 e. The molecule has 1 aromatic heterocycles. The van der Waals surface area contributed by atoms with Crippen LogP contribution in [0, 0.1) is 0 Å². The first-order valence-electron chi connectivity index (χ1n) is 4.17. The molecule has 82 valence electrons. The summed E-state index contributed by atoms with van der Waals surface area (Å²) in [6, 6.07) is 2.93. The van der Waals surface area contributed by atoms with Crippen molar-refractivity contribution in [3.05, 3.63) is 34.3 Å². The lowest BCUT2D eigenvalue weighted by atomic mass is 10.3. The molecule has 0 atom stereocenters. The summed E-state index contributed by atoms with van der Waals surface area (Å²) in [4.78, 5) is 14.1. The highest BCUT2D eigenvalue weighted by atomic mass is 35.5. The van der Waals surface area contributed by atoms with E-state index in [1.54, 1.807) is 0 Å². The van der Waals surface area contributed by atoms with E-state index in [1.165, 1.54) is 23.1 Å². The number of benzene rings is 1. The molecule has 5 nitrogen and oxygen atoms in total. The topological polar surface area (TPSA) is 68.0 Å². The van der Waals surface area contributed by atoms with Crippen LogP contribution in [0.3, 0.4) is 0 Å². The monoisotopic (exact) mass is 257 g/mol. The van der Waals surface area contributed by atoms with E-state index in [4.69, 9.17) is 23.2 Å². The van der Waals surface area contributed by atoms with Crippen LogP contribution in [0.2, 0.25) is 10.0 Å². The van der Waals surface area contributed by atoms with Crippen molar-refractivity contribution in [1.82, 2.24) is 14.8 Å². The zero-order valence-corrected chi connectivity index (χ0v) is 9.27. The number of carbonyl (C=O) groups is 1. The number of aromatic nitrogens is 3. The van der Waals surface area contributed by atoms with Crippen molar-refractivity contribution in [2.45, 2.75) is 0 Å². The SMILES string of the molecule is O=Cc1ncn(-c2cc(Cl)c(O)c(Cl)c2)n1. The van der Waals surface area contributed by atoms with Crippen LogP contribution in [0.5, 0.6) is 5.75 Å². The molecule has 1 aromatic carbocycles. The van der Waals surface area contributed by atoms with Gasteiger partial charge >= 0.3 is 0 Å². The van der Waals surface area contributed by atoms with Crippen molar-refractivity contribution < 1.29 is 9.90 Å². The normalized spacial score (nSPS) is 10.4. The van der Waals surface area contributed by atoms with E-state index in [0.29, 0.717) is 12.0 Å². The fraction of sp³-hybridized carbons (Fsp3) is 0. The fourth-order valence-corrected chi connectivity index (χ4v) is 1.61. The van der Waals surface area contributed by atoms with Gasteiger partial charge in [0.05, 0.1) is 15.7 Å². The Morgan fingerprint density at radius 3 is 2.44 bits per heavy atom. The highest BCUT2D eigenvalue weighted by Crippen LogP contribution is 2.33. The van der Waals surface area contributed by atoms with E-state index in [0.717, 1.165) is 0 Å². The molecule has 0 fully saturated rings. The molecule has 0 bridgehead atoms. The number of hydrogen-bond donors (Lipinski definition) is 1. The number of phenolic OH excluding ortho intramolecular Hbond substituents is 1. The third-order valence-corrected chi connectivity index (χ3v) is 2.46. The number of aldehydes is 1. The number of halogens is 2. The third-order valence-electron chi connectivity index (χ3n) is 1.88. The molecule has 0 saturated heterocycles. The van der Waals surface area contributed by atoms with Crippen LogP contribution in [0.25, 0.3) is 5.69 Å². The van der Waals surface area contributed by atoms with Gasteiger partial charge in [0.15, 0.2) is 12.0 Å². The summed E-state index contributed by atoms with van der Waals surface area (Å²) < 4.78 is 1.33. The highest BCUT2D eigenvalue weighted by Gasteiger charge is 2.09. The van der Waals surface area contributed by atoms with Gasteiger partial charge in [-0.1, -0.05) is 23.2 Å². The standard InChI is InChI=1S/C9H5Cl2N3O2/c10-6-1-5(2-7(11)9(6)16)14-4-12-8(3-15)13-14/h1-4,16H. The van der Waals surface area contributed by atoms with Crippen LogP contribution in [0.15, 0.2) is 18.5 Å². The zero-order chi connectivity index (χ0) is 11.7. The van der Waals surface area contributed by atoms with Crippen LogP contribution in [-0.2, 0) is 0 Å². The lowest BCUT2D eigenvalue weighted by Crippen LogP contribution is -1.96. The summed E-state index contributed by atoms with van der Waals surface area (Å²) in [6.45, 7) is 0. The molecule has 1 heterocycles. The number of rotatable bonds is 2. The molecule has 0 amide bonds. The van der Waals surface area contributed by atoms with Gasteiger partial charge in [-0.15, -0.1) is 5.10 Å². The number of hydrogen-bond acceptors (Lipinski definition) is 4. The van der Waals surface area contributed by atoms with Crippen LogP contribution in [-0.4, -0.2) is 26.2 Å². The van der Waals surface area contributed by atoms with E-state index in [1.807, 2.05) is 0 Å². The lowest BCUT2D eigenvalue weighted by molar-refractivity contribution is 0.111. The first kappa shape index (κ1) is 10.9. The number of phenols is 1. The molecule has 7 heteroatoms. The number of nitrogens with zero attached hydrogens (tertiary/aromatic N) is 3. The van der Waals surface area contributed by atoms with Crippen molar-refractivity contribution in [2.75, 3.05) is 0 Å². The van der Waals surface area contributed by atoms with Gasteiger partial charge in [-0.3, -0.25) is 4.79 Å². The van der Waals surface area contributed by atoms with Crippen LogP contribution >= 0.6 is 23.2 Å². The molecule has 0 saturated carbocycles. The zero-order valence-electron chi connectivity index (χ0n) is 7.76. The quantitative estimate of drug-likeness (QED) is 0.837. The molecule has 0 radical (unpaired) electrons. The van der Waals surface area contributed by atoms with Gasteiger partial charge in [0, 0.05) is 0 Å². The Kier molecular flexibility index (Phi) is 2.80. The van der Waals surface area contributed by atoms with Gasteiger partial charge in [0.1, 0.15) is 6.33 Å². The van der Waals surface area contributed by atoms with Crippen molar-refractivity contribution in [1.29, 1.82) is 0 Å². The second-order valence-electron chi connectivity index (χ2n) is 2.92. The van der Waals surface area contributed by atoms with E-state index in [2.05, 4.69) is 10.1 Å². The molecule has 0 spiro atoms. The molecular formula is C9H5Cl2N3O2. The Hall–Kier alpha value is -1.59. The summed E-state index contributed by atoms with van der Waals surface area (Å²) in [6.07, 6.45) is 1.88. The van der Waals surface area contributed by atoms with Crippen molar-refractivity contribution in [3.8, 4) is 11.4 Å². The van der Waals surface area contributed by atoms with E-state index < -0.39 is 0 Å². The van der Waals surface area contributed by atoms with Gasteiger partial charge in [-0.05, 0) is 12.1 Å². The molecule has 16 heavy (non-hydrogen) atoms. The molecule has 0 unspecified atom stereocenters. The summed E-state index contributed by atoms with van der Waals surface area (Å²) in [7, 11) is 0. The maximum atomic E-state index is 10.4. The molecule has 2 aromatic rings. The van der Waals surface area contributed by atoms with Gasteiger partial charge in [-0.25, -0.2) is 9.67 Å². The minimum atomic E-state index is -0.192. The van der Waals surface area contributed by atoms with Gasteiger partial charge in [-0.2, -0.15) is 0 Å². The molecule has 0 aliphatic rings. The average molecular weight is 258 g/mol. The summed E-state index contributed by atoms with van der Waals surface area (Å²) in [5, 5.41) is 13.4. The van der Waals surface area contributed by atoms with Crippen LogP contribution in [0.1, 0.15) is 10.6 Å². The van der Waals surface area contributed by atoms with Gasteiger partial charge in [0.25, 0.3) is 0 Å². The Bertz CT molecular complexity index is 530. The second kappa shape index (κ2) is 4.11. The molecular weight excluding hydrogens is 253 g/mol. The second-order valence-corrected chi connectivity index (χ2v) is 3.74. The first-order valence-corrected chi connectivity index (χ1v) is 4.92. The Balaban J connectivity index is 2.52. The average Bonchev–Trinajstić information content (AvgIpc) is 2.73. The van der Waals surface area contributed by atoms with Gasteiger partial charge in [0.2, 0.25) is 5.82 Å². The maximum Gasteiger partial charge on any atom is 0.214 e. The first-order chi connectivity index (χ1) is 7.61. The smallest absolute Gasteiger partial charge is 0.214 e. The Morgan fingerprint density at radius 2 is 1.94 bits per heavy atom. The van der Waals surface area contributed by atoms with Gasteiger partial charge < -0.3 is 5.11 Å². The minimum Gasteiger partial charge on any atom is -0.505 e. The van der Waals surface area contributed by atoms with E-state index in [-0.39, 0.29) is 21.6 Å². The van der Waals surface area contributed by atoms with Crippen molar-refractivity contribution in [2.24, 2.45) is 0 Å². The van der Waals surface area contributed by atoms with E-state index in [9.17, 15) is 9.90 Å².